The molecule has 1 heterocycles. The van der Waals surface area contributed by atoms with E-state index >= 15 is 0 Å². The van der Waals surface area contributed by atoms with E-state index in [-0.39, 0.29) is 24.6 Å². The van der Waals surface area contributed by atoms with Crippen molar-refractivity contribution >= 4 is 34.9 Å². The van der Waals surface area contributed by atoms with E-state index < -0.39 is 17.9 Å². The summed E-state index contributed by atoms with van der Waals surface area (Å²) in [5.74, 6) is -1.20. The van der Waals surface area contributed by atoms with E-state index in [1.807, 2.05) is 0 Å². The van der Waals surface area contributed by atoms with Crippen LogP contribution in [0.2, 0.25) is 5.02 Å². The van der Waals surface area contributed by atoms with Crippen molar-refractivity contribution in [3.63, 3.8) is 0 Å². The summed E-state index contributed by atoms with van der Waals surface area (Å²) in [5.41, 5.74) is 1.45. The van der Waals surface area contributed by atoms with Crippen molar-refractivity contribution in [1.29, 1.82) is 0 Å². The number of hydrogen-bond donors (Lipinski definition) is 1. The Morgan fingerprint density at radius 2 is 1.90 bits per heavy atom. The highest BCUT2D eigenvalue weighted by molar-refractivity contribution is 7.03. The Hall–Kier alpha value is -3.10. The third-order valence-corrected chi connectivity index (χ3v) is 5.05. The van der Waals surface area contributed by atoms with Gasteiger partial charge in [-0.2, -0.15) is 0 Å². The molecule has 0 unspecified atom stereocenters. The first-order valence-corrected chi connectivity index (χ1v) is 10.2. The number of nitrogens with one attached hydrogen (secondary N) is 1. The Kier molecular flexibility index (Phi) is 7.26. The van der Waals surface area contributed by atoms with Crippen LogP contribution < -0.4 is 5.32 Å². The van der Waals surface area contributed by atoms with Crippen LogP contribution in [0.4, 0.5) is 4.39 Å². The largest absolute Gasteiger partial charge is 0.350 e. The zero-order chi connectivity index (χ0) is 21.5. The van der Waals surface area contributed by atoms with Crippen LogP contribution in [0.5, 0.6) is 0 Å². The average Bonchev–Trinajstić information content (AvgIpc) is 3.29. The molecule has 1 aromatic heterocycles. The molecule has 1 N–H and O–H groups in total. The van der Waals surface area contributed by atoms with Gasteiger partial charge < -0.3 is 10.2 Å². The van der Waals surface area contributed by atoms with Crippen LogP contribution >= 0.6 is 23.1 Å². The van der Waals surface area contributed by atoms with E-state index in [1.165, 1.54) is 28.5 Å². The van der Waals surface area contributed by atoms with Crippen molar-refractivity contribution in [2.24, 2.45) is 0 Å². The fraction of sp³-hybridized carbons (Fsp3) is 0.143. The van der Waals surface area contributed by atoms with Crippen LogP contribution in [0.1, 0.15) is 27.7 Å². The van der Waals surface area contributed by atoms with Crippen molar-refractivity contribution in [3.8, 4) is 0 Å². The minimum Gasteiger partial charge on any atom is -0.350 e. The van der Waals surface area contributed by atoms with Gasteiger partial charge in [0.15, 0.2) is 5.69 Å². The van der Waals surface area contributed by atoms with E-state index in [0.717, 1.165) is 17.1 Å². The van der Waals surface area contributed by atoms with Crippen LogP contribution in [0.3, 0.4) is 0 Å². The lowest BCUT2D eigenvalue weighted by Gasteiger charge is -2.30. The van der Waals surface area contributed by atoms with Crippen molar-refractivity contribution in [3.05, 3.63) is 94.2 Å². The zero-order valence-electron chi connectivity index (χ0n) is 15.8. The lowest BCUT2D eigenvalue weighted by Crippen LogP contribution is -2.43. The minimum absolute atomic E-state index is 0.119. The lowest BCUT2D eigenvalue weighted by molar-refractivity contribution is -0.126. The molecule has 1 atom stereocenters. The van der Waals surface area contributed by atoms with Crippen LogP contribution in [0.25, 0.3) is 0 Å². The SMILES string of the molecule is C=CCN(C(=O)c1csnn1)[C@@H](C(=O)NCc1ccc(F)cc1)c1ccc(Cl)cc1. The van der Waals surface area contributed by atoms with Gasteiger partial charge in [-0.1, -0.05) is 46.4 Å². The first-order valence-electron chi connectivity index (χ1n) is 8.96. The standard InChI is InChI=1S/C21H18ClFN4O2S/c1-2-11-27(21(29)18-13-30-26-25-18)19(15-5-7-16(22)8-6-15)20(28)24-12-14-3-9-17(23)10-4-14/h2-10,13,19H,1,11-12H2,(H,24,28)/t19-/m1/s1. The van der Waals surface area contributed by atoms with Gasteiger partial charge in [0.25, 0.3) is 5.91 Å². The second kappa shape index (κ2) is 10.1. The third kappa shape index (κ3) is 5.28. The predicted molar refractivity (Wildman–Crippen MR) is 114 cm³/mol. The number of rotatable bonds is 8. The van der Waals surface area contributed by atoms with E-state index in [1.54, 1.807) is 36.4 Å². The summed E-state index contributed by atoms with van der Waals surface area (Å²) in [6.07, 6.45) is 1.54. The first-order chi connectivity index (χ1) is 14.5. The van der Waals surface area contributed by atoms with Crippen molar-refractivity contribution < 1.29 is 14.0 Å². The molecule has 0 aliphatic heterocycles. The molecule has 0 bridgehead atoms. The summed E-state index contributed by atoms with van der Waals surface area (Å²) in [7, 11) is 0. The van der Waals surface area contributed by atoms with Crippen LogP contribution in [-0.4, -0.2) is 32.8 Å². The summed E-state index contributed by atoms with van der Waals surface area (Å²) in [4.78, 5) is 27.6. The highest BCUT2D eigenvalue weighted by Gasteiger charge is 2.32. The van der Waals surface area contributed by atoms with Gasteiger partial charge in [0.2, 0.25) is 5.91 Å². The van der Waals surface area contributed by atoms with Crippen molar-refractivity contribution in [2.75, 3.05) is 6.54 Å². The number of carbonyl (C=O) groups excluding carboxylic acids is 2. The Morgan fingerprint density at radius 3 is 2.50 bits per heavy atom. The number of benzene rings is 2. The van der Waals surface area contributed by atoms with Crippen LogP contribution in [0.15, 0.2) is 66.6 Å². The lowest BCUT2D eigenvalue weighted by atomic mass is 10.0. The maximum absolute atomic E-state index is 13.2. The molecule has 3 rings (SSSR count). The molecular weight excluding hydrogens is 427 g/mol. The van der Waals surface area contributed by atoms with Gasteiger partial charge in [-0.3, -0.25) is 9.59 Å². The molecule has 0 aliphatic rings. The molecule has 6 nitrogen and oxygen atoms in total. The fourth-order valence-corrected chi connectivity index (χ4v) is 3.41. The van der Waals surface area contributed by atoms with E-state index in [9.17, 15) is 14.0 Å². The smallest absolute Gasteiger partial charge is 0.276 e. The van der Waals surface area contributed by atoms with Crippen molar-refractivity contribution in [2.45, 2.75) is 12.6 Å². The molecule has 0 aliphatic carbocycles. The number of aromatic nitrogens is 2. The van der Waals surface area contributed by atoms with Gasteiger partial charge in [0.05, 0.1) is 0 Å². The molecule has 3 aromatic rings. The topological polar surface area (TPSA) is 75.2 Å². The molecule has 154 valence electrons. The number of amides is 2. The first kappa shape index (κ1) is 21.6. The summed E-state index contributed by atoms with van der Waals surface area (Å²) in [6.45, 7) is 4.00. The predicted octanol–water partition coefficient (Wildman–Crippen LogP) is 4.02. The monoisotopic (exact) mass is 444 g/mol. The minimum atomic E-state index is -0.949. The van der Waals surface area contributed by atoms with E-state index in [2.05, 4.69) is 21.5 Å². The van der Waals surface area contributed by atoms with Gasteiger partial charge in [-0.25, -0.2) is 4.39 Å². The Bertz CT molecular complexity index is 1010. The van der Waals surface area contributed by atoms with Crippen molar-refractivity contribution in [1.82, 2.24) is 19.8 Å². The highest BCUT2D eigenvalue weighted by Crippen LogP contribution is 2.25. The Morgan fingerprint density at radius 1 is 1.20 bits per heavy atom. The van der Waals surface area contributed by atoms with Gasteiger partial charge in [-0.05, 0) is 46.9 Å². The average molecular weight is 445 g/mol. The molecule has 30 heavy (non-hydrogen) atoms. The maximum Gasteiger partial charge on any atom is 0.276 e. The maximum atomic E-state index is 13.2. The van der Waals surface area contributed by atoms with Crippen LogP contribution in [0, 0.1) is 5.82 Å². The van der Waals surface area contributed by atoms with Gasteiger partial charge in [0, 0.05) is 23.5 Å². The molecule has 9 heteroatoms. The van der Waals surface area contributed by atoms with Crippen LogP contribution in [-0.2, 0) is 11.3 Å². The Balaban J connectivity index is 1.90. The molecule has 0 saturated heterocycles. The second-order valence-corrected chi connectivity index (χ2v) is 7.38. The quantitative estimate of drug-likeness (QED) is 0.532. The Labute approximate surface area is 182 Å². The summed E-state index contributed by atoms with van der Waals surface area (Å²) in [5, 5.41) is 8.67. The van der Waals surface area contributed by atoms with Gasteiger partial charge in [-0.15, -0.1) is 11.7 Å². The highest BCUT2D eigenvalue weighted by atomic mass is 35.5. The summed E-state index contributed by atoms with van der Waals surface area (Å²) < 4.78 is 16.8. The number of carbonyl (C=O) groups is 2. The fourth-order valence-electron chi connectivity index (χ4n) is 2.86. The summed E-state index contributed by atoms with van der Waals surface area (Å²) >= 11 is 7.04. The zero-order valence-corrected chi connectivity index (χ0v) is 17.4. The number of nitrogens with zero attached hydrogens (tertiary/aromatic N) is 3. The summed E-state index contributed by atoms with van der Waals surface area (Å²) in [6, 6.07) is 11.5. The molecular formula is C21H18ClFN4O2S. The second-order valence-electron chi connectivity index (χ2n) is 6.33. The van der Waals surface area contributed by atoms with Gasteiger partial charge in [0.1, 0.15) is 11.9 Å². The normalized spacial score (nSPS) is 11.5. The number of halogens is 2. The molecule has 0 fully saturated rings. The molecule has 0 spiro atoms. The molecule has 2 aromatic carbocycles. The number of hydrogen-bond acceptors (Lipinski definition) is 5. The molecule has 0 saturated carbocycles. The third-order valence-electron chi connectivity index (χ3n) is 4.29. The van der Waals surface area contributed by atoms with E-state index in [0.29, 0.717) is 10.6 Å². The molecule has 0 radical (unpaired) electrons. The van der Waals surface area contributed by atoms with Gasteiger partial charge >= 0.3 is 0 Å². The van der Waals surface area contributed by atoms with E-state index in [4.69, 9.17) is 11.6 Å². The molecule has 2 amide bonds.